The van der Waals surface area contributed by atoms with Gasteiger partial charge in [0.05, 0.1) is 20.3 Å². The van der Waals surface area contributed by atoms with Gasteiger partial charge in [0.15, 0.2) is 11.5 Å². The van der Waals surface area contributed by atoms with Crippen molar-refractivity contribution in [2.24, 2.45) is 0 Å². The minimum atomic E-state index is 0.439. The van der Waals surface area contributed by atoms with Crippen LogP contribution in [-0.4, -0.2) is 20.3 Å². The molecule has 92 valence electrons. The molecule has 1 rings (SSSR count). The monoisotopic (exact) mass is 234 g/mol. The SMILES string of the molecule is C=CCOCc1cccc(OC)c1OCC=C. The number of hydrogen-bond donors (Lipinski definition) is 0. The first-order chi connectivity index (χ1) is 8.33. The lowest BCUT2D eigenvalue weighted by atomic mass is 10.2. The van der Waals surface area contributed by atoms with E-state index >= 15 is 0 Å². The smallest absolute Gasteiger partial charge is 0.167 e. The number of ether oxygens (including phenoxy) is 3. The van der Waals surface area contributed by atoms with Crippen molar-refractivity contribution in [3.05, 3.63) is 49.1 Å². The normalized spacial score (nSPS) is 9.71. The lowest BCUT2D eigenvalue weighted by Crippen LogP contribution is -2.02. The van der Waals surface area contributed by atoms with Gasteiger partial charge >= 0.3 is 0 Å². The first-order valence-electron chi connectivity index (χ1n) is 5.41. The molecular formula is C14H18O3. The fourth-order valence-corrected chi connectivity index (χ4v) is 1.39. The third-order valence-electron chi connectivity index (χ3n) is 2.12. The van der Waals surface area contributed by atoms with Gasteiger partial charge in [-0.05, 0) is 6.07 Å². The summed E-state index contributed by atoms with van der Waals surface area (Å²) in [6.07, 6.45) is 3.41. The van der Waals surface area contributed by atoms with Crippen LogP contribution in [0.2, 0.25) is 0 Å². The van der Waals surface area contributed by atoms with Crippen LogP contribution in [0.1, 0.15) is 5.56 Å². The van der Waals surface area contributed by atoms with Crippen molar-refractivity contribution in [1.29, 1.82) is 0 Å². The van der Waals surface area contributed by atoms with Gasteiger partial charge in [0, 0.05) is 5.56 Å². The Labute approximate surface area is 102 Å². The largest absolute Gasteiger partial charge is 0.493 e. The molecule has 0 unspecified atom stereocenters. The van der Waals surface area contributed by atoms with Crippen LogP contribution < -0.4 is 9.47 Å². The highest BCUT2D eigenvalue weighted by molar-refractivity contribution is 5.46. The number of rotatable bonds is 8. The van der Waals surface area contributed by atoms with Crippen molar-refractivity contribution < 1.29 is 14.2 Å². The van der Waals surface area contributed by atoms with Crippen molar-refractivity contribution in [2.45, 2.75) is 6.61 Å². The number of hydrogen-bond acceptors (Lipinski definition) is 3. The summed E-state index contributed by atoms with van der Waals surface area (Å²) in [6.45, 7) is 8.65. The van der Waals surface area contributed by atoms with E-state index in [-0.39, 0.29) is 0 Å². The summed E-state index contributed by atoms with van der Waals surface area (Å²) >= 11 is 0. The van der Waals surface area contributed by atoms with E-state index in [9.17, 15) is 0 Å². The summed E-state index contributed by atoms with van der Waals surface area (Å²) in [5.41, 5.74) is 0.952. The minimum Gasteiger partial charge on any atom is -0.493 e. The molecular weight excluding hydrogens is 216 g/mol. The molecule has 1 aromatic carbocycles. The molecule has 1 aromatic rings. The van der Waals surface area contributed by atoms with E-state index < -0.39 is 0 Å². The highest BCUT2D eigenvalue weighted by Gasteiger charge is 2.09. The average molecular weight is 234 g/mol. The first-order valence-corrected chi connectivity index (χ1v) is 5.41. The Balaban J connectivity index is 2.84. The van der Waals surface area contributed by atoms with Crippen molar-refractivity contribution in [2.75, 3.05) is 20.3 Å². The van der Waals surface area contributed by atoms with E-state index in [1.165, 1.54) is 0 Å². The predicted molar refractivity (Wildman–Crippen MR) is 68.5 cm³/mol. The lowest BCUT2D eigenvalue weighted by Gasteiger charge is -2.13. The van der Waals surface area contributed by atoms with Crippen molar-refractivity contribution in [3.8, 4) is 11.5 Å². The maximum atomic E-state index is 5.59. The molecule has 0 saturated heterocycles. The Morgan fingerprint density at radius 3 is 2.59 bits per heavy atom. The number of methoxy groups -OCH3 is 1. The first kappa shape index (κ1) is 13.3. The highest BCUT2D eigenvalue weighted by atomic mass is 16.5. The zero-order valence-corrected chi connectivity index (χ0v) is 10.1. The highest BCUT2D eigenvalue weighted by Crippen LogP contribution is 2.31. The minimum absolute atomic E-state index is 0.439. The molecule has 0 aliphatic carbocycles. The molecule has 0 heterocycles. The van der Waals surface area contributed by atoms with Gasteiger partial charge in [0.2, 0.25) is 0 Å². The second-order valence-corrected chi connectivity index (χ2v) is 3.35. The van der Waals surface area contributed by atoms with Crippen molar-refractivity contribution in [1.82, 2.24) is 0 Å². The summed E-state index contributed by atoms with van der Waals surface area (Å²) in [6, 6.07) is 5.71. The van der Waals surface area contributed by atoms with Gasteiger partial charge in [-0.15, -0.1) is 6.58 Å². The Bertz CT molecular complexity index is 372. The molecule has 0 spiro atoms. The second kappa shape index (κ2) is 7.52. The zero-order chi connectivity index (χ0) is 12.5. The van der Waals surface area contributed by atoms with E-state index in [1.54, 1.807) is 19.3 Å². The van der Waals surface area contributed by atoms with Gasteiger partial charge < -0.3 is 14.2 Å². The topological polar surface area (TPSA) is 27.7 Å². The van der Waals surface area contributed by atoms with Gasteiger partial charge in [0.1, 0.15) is 6.61 Å². The van der Waals surface area contributed by atoms with Crippen molar-refractivity contribution >= 4 is 0 Å². The maximum absolute atomic E-state index is 5.59. The summed E-state index contributed by atoms with van der Waals surface area (Å²) in [5, 5.41) is 0. The molecule has 3 heteroatoms. The summed E-state index contributed by atoms with van der Waals surface area (Å²) in [7, 11) is 1.62. The van der Waals surface area contributed by atoms with Crippen LogP contribution in [0.25, 0.3) is 0 Å². The standard InChI is InChI=1S/C14H18O3/c1-4-9-16-11-12-7-6-8-13(15-3)14(12)17-10-5-2/h4-8H,1-2,9-11H2,3H3. The van der Waals surface area contributed by atoms with E-state index in [0.717, 1.165) is 5.56 Å². The number of benzene rings is 1. The maximum Gasteiger partial charge on any atom is 0.167 e. The third-order valence-corrected chi connectivity index (χ3v) is 2.12. The Morgan fingerprint density at radius 1 is 1.18 bits per heavy atom. The predicted octanol–water partition coefficient (Wildman–Crippen LogP) is 2.96. The molecule has 17 heavy (non-hydrogen) atoms. The molecule has 0 bridgehead atoms. The third kappa shape index (κ3) is 3.96. The molecule has 0 N–H and O–H groups in total. The molecule has 3 nitrogen and oxygen atoms in total. The molecule has 0 saturated carbocycles. The summed E-state index contributed by atoms with van der Waals surface area (Å²) in [4.78, 5) is 0. The fraction of sp³-hybridized carbons (Fsp3) is 0.286. The van der Waals surface area contributed by atoms with E-state index in [0.29, 0.717) is 31.3 Å². The van der Waals surface area contributed by atoms with Crippen LogP contribution in [0.3, 0.4) is 0 Å². The van der Waals surface area contributed by atoms with E-state index in [2.05, 4.69) is 13.2 Å². The van der Waals surface area contributed by atoms with Crippen LogP contribution in [-0.2, 0) is 11.3 Å². The van der Waals surface area contributed by atoms with E-state index in [1.807, 2.05) is 18.2 Å². The Kier molecular flexibility index (Phi) is 5.89. The molecule has 0 atom stereocenters. The van der Waals surface area contributed by atoms with Gasteiger partial charge in [-0.1, -0.05) is 30.9 Å². The van der Waals surface area contributed by atoms with Crippen LogP contribution >= 0.6 is 0 Å². The number of para-hydroxylation sites is 1. The molecule has 0 aliphatic heterocycles. The van der Waals surface area contributed by atoms with Gasteiger partial charge in [-0.2, -0.15) is 0 Å². The molecule has 0 aromatic heterocycles. The summed E-state index contributed by atoms with van der Waals surface area (Å²) < 4.78 is 16.3. The average Bonchev–Trinajstić information content (AvgIpc) is 2.37. The summed E-state index contributed by atoms with van der Waals surface area (Å²) in [5.74, 6) is 1.41. The van der Waals surface area contributed by atoms with Gasteiger partial charge in [-0.3, -0.25) is 0 Å². The Hall–Kier alpha value is -1.74. The van der Waals surface area contributed by atoms with Crippen LogP contribution in [0.5, 0.6) is 11.5 Å². The van der Waals surface area contributed by atoms with Gasteiger partial charge in [-0.25, -0.2) is 0 Å². The van der Waals surface area contributed by atoms with Crippen molar-refractivity contribution in [3.63, 3.8) is 0 Å². The van der Waals surface area contributed by atoms with Crippen LogP contribution in [0.15, 0.2) is 43.5 Å². The van der Waals surface area contributed by atoms with Crippen LogP contribution in [0, 0.1) is 0 Å². The molecule has 0 amide bonds. The molecule has 0 fully saturated rings. The lowest BCUT2D eigenvalue weighted by molar-refractivity contribution is 0.145. The quantitative estimate of drug-likeness (QED) is 0.511. The Morgan fingerprint density at radius 2 is 1.94 bits per heavy atom. The van der Waals surface area contributed by atoms with E-state index in [4.69, 9.17) is 14.2 Å². The second-order valence-electron chi connectivity index (χ2n) is 3.35. The fourth-order valence-electron chi connectivity index (χ4n) is 1.39. The van der Waals surface area contributed by atoms with Gasteiger partial charge in [0.25, 0.3) is 0 Å². The van der Waals surface area contributed by atoms with Crippen LogP contribution in [0.4, 0.5) is 0 Å². The molecule has 0 radical (unpaired) electrons. The zero-order valence-electron chi connectivity index (χ0n) is 10.1. The molecule has 0 aliphatic rings.